The Hall–Kier alpha value is -2.82. The van der Waals surface area contributed by atoms with E-state index in [2.05, 4.69) is 10.6 Å². The zero-order valence-corrected chi connectivity index (χ0v) is 18.0. The minimum absolute atomic E-state index is 0.0196. The van der Waals surface area contributed by atoms with Gasteiger partial charge in [-0.3, -0.25) is 10.2 Å². The molecule has 8 rings (SSSR count). The highest BCUT2D eigenvalue weighted by Gasteiger charge is 2.77. The third kappa shape index (κ3) is 2.97. The third-order valence-electron chi connectivity index (χ3n) is 5.41. The van der Waals surface area contributed by atoms with Crippen LogP contribution in [0.25, 0.3) is 0 Å². The summed E-state index contributed by atoms with van der Waals surface area (Å²) in [5.41, 5.74) is 0. The van der Waals surface area contributed by atoms with E-state index in [-0.39, 0.29) is 31.5 Å². The number of nitrogens with zero attached hydrogens (tertiary/aromatic N) is 4. The van der Waals surface area contributed by atoms with Gasteiger partial charge in [-0.15, -0.1) is 4.90 Å². The Morgan fingerprint density at radius 3 is 1.78 bits per heavy atom. The molecule has 13 nitrogen and oxygen atoms in total. The highest BCUT2D eigenvalue weighted by Crippen LogP contribution is 2.32. The normalized spacial score (nSPS) is 27.6. The number of benzene rings is 2. The lowest BCUT2D eigenvalue weighted by Gasteiger charge is -2.41. The molecule has 2 N–H and O–H groups in total. The molecule has 0 aromatic heterocycles. The molecule has 2 unspecified atom stereocenters. The molecule has 32 heavy (non-hydrogen) atoms. The maximum atomic E-state index is 13.5. The molecule has 0 saturated carbocycles. The van der Waals surface area contributed by atoms with Gasteiger partial charge in [0.25, 0.3) is 0 Å². The quantitative estimate of drug-likeness (QED) is 0.476. The van der Waals surface area contributed by atoms with Crippen molar-refractivity contribution in [1.29, 1.82) is 0 Å². The van der Waals surface area contributed by atoms with Gasteiger partial charge >= 0.3 is 26.0 Å². The second-order valence-electron chi connectivity index (χ2n) is 7.40. The van der Waals surface area contributed by atoms with Crippen LogP contribution in [0, 0.1) is 9.81 Å². The first-order valence-corrected chi connectivity index (χ1v) is 12.3. The van der Waals surface area contributed by atoms with E-state index in [4.69, 9.17) is 4.74 Å². The number of fused-ring (bicyclic) bond motifs is 2. The van der Waals surface area contributed by atoms with E-state index in [1.807, 2.05) is 0 Å². The predicted molar refractivity (Wildman–Crippen MR) is 107 cm³/mol. The molecule has 1 spiro atoms. The Morgan fingerprint density at radius 1 is 0.781 bits per heavy atom. The van der Waals surface area contributed by atoms with Crippen LogP contribution in [0.5, 0.6) is 11.5 Å². The standard InChI is InChI=1S/C17H18N6O7S2/c24-22-17(19-11-20-9-18-10-21(17)12-20)23(25)32(28,29)16-7-3-14(4-8-16)30-13-1-5-15(6-2-13)31(22,26)27/h1-8,18-19H,9-12H2/q+2. The van der Waals surface area contributed by atoms with Crippen molar-refractivity contribution in [3.05, 3.63) is 58.3 Å². The number of hydrogen-bond donors (Lipinski definition) is 2. The number of nitrogens with one attached hydrogen (secondary N) is 2. The van der Waals surface area contributed by atoms with Crippen molar-refractivity contribution in [1.82, 2.24) is 20.4 Å². The van der Waals surface area contributed by atoms with E-state index in [0.29, 0.717) is 6.67 Å². The van der Waals surface area contributed by atoms with Crippen LogP contribution in [0.2, 0.25) is 0 Å². The summed E-state index contributed by atoms with van der Waals surface area (Å²) in [7, 11) is -9.72. The van der Waals surface area contributed by atoms with Crippen LogP contribution in [0.1, 0.15) is 0 Å². The second-order valence-corrected chi connectivity index (χ2v) is 10.9. The van der Waals surface area contributed by atoms with Gasteiger partial charge in [0.2, 0.25) is 8.33 Å². The minimum Gasteiger partial charge on any atom is -0.457 e. The molecule has 15 heteroatoms. The zero-order chi connectivity index (χ0) is 22.7. The largest absolute Gasteiger partial charge is 0.611 e. The summed E-state index contributed by atoms with van der Waals surface area (Å²) in [4.78, 5) is 29.0. The molecule has 6 aliphatic rings. The fourth-order valence-electron chi connectivity index (χ4n) is 3.78. The Bertz CT molecular complexity index is 1240. The third-order valence-corrected chi connectivity index (χ3v) is 8.53. The molecule has 2 atom stereocenters. The summed E-state index contributed by atoms with van der Waals surface area (Å²) in [6.07, 6.45) is 0. The van der Waals surface area contributed by atoms with Crippen molar-refractivity contribution < 1.29 is 29.9 Å². The number of ether oxygens (including phenoxy) is 1. The lowest BCUT2D eigenvalue weighted by Crippen LogP contribution is -2.81. The van der Waals surface area contributed by atoms with Gasteiger partial charge in [-0.2, -0.15) is 22.2 Å². The Labute approximate surface area is 182 Å². The molecule has 2 aromatic rings. The van der Waals surface area contributed by atoms with Crippen molar-refractivity contribution >= 4 is 20.0 Å². The number of nitroso groups, excluding NO2 is 2. The fraction of sp³-hybridized carbons (Fsp3) is 0.294. The fourth-order valence-corrected chi connectivity index (χ4v) is 6.35. The van der Waals surface area contributed by atoms with E-state index in [1.165, 1.54) is 24.3 Å². The summed E-state index contributed by atoms with van der Waals surface area (Å²) in [6, 6.07) is 10.0. The molecule has 168 valence electrons. The van der Waals surface area contributed by atoms with Gasteiger partial charge in [-0.25, -0.2) is 0 Å². The molecule has 2 fully saturated rings. The number of rotatable bonds is 0. The van der Waals surface area contributed by atoms with Crippen LogP contribution < -0.4 is 15.4 Å². The maximum Gasteiger partial charge on any atom is 0.611 e. The molecule has 2 saturated heterocycles. The van der Waals surface area contributed by atoms with E-state index in [9.17, 15) is 26.6 Å². The Balaban J connectivity index is 1.78. The van der Waals surface area contributed by atoms with E-state index < -0.39 is 44.1 Å². The van der Waals surface area contributed by atoms with Crippen LogP contribution in [0.3, 0.4) is 0 Å². The molecule has 0 aliphatic carbocycles. The summed E-state index contributed by atoms with van der Waals surface area (Å²) >= 11 is 0. The molecular formula is C17H18N6O7S2+2. The number of hydrogen-bond acceptors (Lipinski definition) is 11. The minimum atomic E-state index is -4.86. The van der Waals surface area contributed by atoms with Gasteiger partial charge in [-0.05, 0) is 48.5 Å². The highest BCUT2D eigenvalue weighted by atomic mass is 32.2. The van der Waals surface area contributed by atoms with Gasteiger partial charge in [0.05, 0.1) is 26.7 Å². The SMILES string of the molecule is O=[N+]1C2(NCN3CNCN2C3)[N+](=O)S(=O)(=O)c2ccc(cc2)Oc2ccc(cc2)S1(=O)=O. The van der Waals surface area contributed by atoms with Crippen LogP contribution >= 0.6 is 0 Å². The topological polar surface area (TPSA) is 148 Å². The van der Waals surface area contributed by atoms with Gasteiger partial charge in [0, 0.05) is 9.81 Å². The van der Waals surface area contributed by atoms with Crippen molar-refractivity contribution in [3.63, 3.8) is 0 Å². The summed E-state index contributed by atoms with van der Waals surface area (Å²) in [6.45, 7) is 0.156. The first kappa shape index (κ1) is 21.0. The Kier molecular flexibility index (Phi) is 4.66. The highest BCUT2D eigenvalue weighted by molar-refractivity contribution is 7.86. The molecule has 6 aliphatic heterocycles. The molecule has 2 aromatic carbocycles. The summed E-state index contributed by atoms with van der Waals surface area (Å²) in [5.74, 6) is -2.23. The summed E-state index contributed by atoms with van der Waals surface area (Å²) < 4.78 is 57.5. The molecular weight excluding hydrogens is 464 g/mol. The lowest BCUT2D eigenvalue weighted by molar-refractivity contribution is -0.771. The number of sulfonamides is 2. The predicted octanol–water partition coefficient (Wildman–Crippen LogP) is -0.321. The average molecular weight is 483 g/mol. The smallest absolute Gasteiger partial charge is 0.457 e. The molecule has 0 radical (unpaired) electrons. The van der Waals surface area contributed by atoms with Gasteiger partial charge in [0.15, 0.2) is 0 Å². The molecule has 0 amide bonds. The van der Waals surface area contributed by atoms with Crippen molar-refractivity contribution in [2.45, 2.75) is 15.7 Å². The molecule has 6 bridgehead atoms. The van der Waals surface area contributed by atoms with Crippen LogP contribution in [0.4, 0.5) is 0 Å². The first-order chi connectivity index (χ1) is 15.2. The second kappa shape index (κ2) is 7.09. The van der Waals surface area contributed by atoms with Gasteiger partial charge in [-0.1, -0.05) is 0 Å². The van der Waals surface area contributed by atoms with Crippen LogP contribution in [0.15, 0.2) is 58.3 Å². The lowest BCUT2D eigenvalue weighted by atomic mass is 10.3. The average Bonchev–Trinajstić information content (AvgIpc) is 2.79. The van der Waals surface area contributed by atoms with E-state index in [0.717, 1.165) is 29.2 Å². The van der Waals surface area contributed by atoms with E-state index >= 15 is 0 Å². The van der Waals surface area contributed by atoms with Crippen molar-refractivity contribution in [2.24, 2.45) is 0 Å². The van der Waals surface area contributed by atoms with Crippen LogP contribution in [-0.4, -0.2) is 67.6 Å². The molecule has 6 heterocycles. The van der Waals surface area contributed by atoms with Crippen molar-refractivity contribution in [2.75, 3.05) is 26.7 Å². The van der Waals surface area contributed by atoms with Crippen LogP contribution in [-0.2, 0) is 20.0 Å². The van der Waals surface area contributed by atoms with Gasteiger partial charge < -0.3 is 4.74 Å². The monoisotopic (exact) mass is 482 g/mol. The Morgan fingerprint density at radius 2 is 1.28 bits per heavy atom. The van der Waals surface area contributed by atoms with E-state index in [1.54, 1.807) is 4.90 Å². The van der Waals surface area contributed by atoms with Gasteiger partial charge in [0.1, 0.15) is 21.3 Å². The first-order valence-electron chi connectivity index (χ1n) is 9.42. The summed E-state index contributed by atoms with van der Waals surface area (Å²) in [5, 5.41) is 5.49. The van der Waals surface area contributed by atoms with Crippen molar-refractivity contribution in [3.8, 4) is 11.5 Å². The zero-order valence-electron chi connectivity index (χ0n) is 16.4. The maximum absolute atomic E-state index is 13.5.